The zero-order chi connectivity index (χ0) is 10.0. The number of aromatic hydroxyl groups is 2. The van der Waals surface area contributed by atoms with Crippen molar-refractivity contribution in [2.45, 2.75) is 6.10 Å². The minimum atomic E-state index is -0.931. The van der Waals surface area contributed by atoms with Crippen molar-refractivity contribution >= 4 is 11.6 Å². The maximum atomic E-state index is 9.32. The predicted octanol–water partition coefficient (Wildman–Crippen LogP) is 0.743. The minimum Gasteiger partial charge on any atom is -0.504 e. The lowest BCUT2D eigenvalue weighted by Gasteiger charge is -2.11. The highest BCUT2D eigenvalue weighted by Gasteiger charge is 2.13. The van der Waals surface area contributed by atoms with Gasteiger partial charge in [-0.3, -0.25) is 0 Å². The van der Waals surface area contributed by atoms with E-state index >= 15 is 0 Å². The highest BCUT2D eigenvalue weighted by atomic mass is 35.5. The second kappa shape index (κ2) is 3.83. The SMILES string of the molecule is NC[C@@H](O)c1cc(O)c(O)cc1Cl. The van der Waals surface area contributed by atoms with Gasteiger partial charge in [0, 0.05) is 18.2 Å². The number of nitrogens with two attached hydrogens (primary N) is 1. The Morgan fingerprint density at radius 3 is 2.38 bits per heavy atom. The topological polar surface area (TPSA) is 86.7 Å². The molecule has 0 fully saturated rings. The van der Waals surface area contributed by atoms with Gasteiger partial charge >= 0.3 is 0 Å². The van der Waals surface area contributed by atoms with Crippen LogP contribution in [0, 0.1) is 0 Å². The normalized spacial score (nSPS) is 12.8. The van der Waals surface area contributed by atoms with Crippen LogP contribution >= 0.6 is 11.6 Å². The minimum absolute atomic E-state index is 0.00390. The van der Waals surface area contributed by atoms with Crippen molar-refractivity contribution in [2.24, 2.45) is 5.73 Å². The van der Waals surface area contributed by atoms with Gasteiger partial charge in [-0.25, -0.2) is 0 Å². The number of hydrogen-bond acceptors (Lipinski definition) is 4. The Kier molecular flexibility index (Phi) is 2.98. The van der Waals surface area contributed by atoms with Crippen LogP contribution in [0.15, 0.2) is 12.1 Å². The third-order valence-corrected chi connectivity index (χ3v) is 2.00. The Morgan fingerprint density at radius 1 is 1.31 bits per heavy atom. The maximum absolute atomic E-state index is 9.32. The fourth-order valence-corrected chi connectivity index (χ4v) is 1.23. The van der Waals surface area contributed by atoms with E-state index in [1.165, 1.54) is 6.07 Å². The summed E-state index contributed by atoms with van der Waals surface area (Å²) in [5, 5.41) is 27.6. The Labute approximate surface area is 80.2 Å². The molecular formula is C8H10ClNO3. The molecular weight excluding hydrogens is 194 g/mol. The van der Waals surface area contributed by atoms with Gasteiger partial charge in [0.2, 0.25) is 0 Å². The molecule has 0 saturated heterocycles. The van der Waals surface area contributed by atoms with Crippen LogP contribution in [0.1, 0.15) is 11.7 Å². The average Bonchev–Trinajstić information content (AvgIpc) is 2.10. The molecule has 0 aliphatic rings. The number of benzene rings is 1. The molecule has 0 unspecified atom stereocenters. The van der Waals surface area contributed by atoms with Gasteiger partial charge in [0.1, 0.15) is 0 Å². The quantitative estimate of drug-likeness (QED) is 0.534. The summed E-state index contributed by atoms with van der Waals surface area (Å²) in [7, 11) is 0. The van der Waals surface area contributed by atoms with Gasteiger partial charge in [0.15, 0.2) is 11.5 Å². The maximum Gasteiger partial charge on any atom is 0.158 e. The van der Waals surface area contributed by atoms with Crippen molar-refractivity contribution in [3.63, 3.8) is 0 Å². The van der Waals surface area contributed by atoms with Gasteiger partial charge in [-0.1, -0.05) is 11.6 Å². The van der Waals surface area contributed by atoms with Crippen molar-refractivity contribution in [3.05, 3.63) is 22.7 Å². The van der Waals surface area contributed by atoms with Gasteiger partial charge in [0.25, 0.3) is 0 Å². The summed E-state index contributed by atoms with van der Waals surface area (Å²) < 4.78 is 0. The van der Waals surface area contributed by atoms with E-state index in [0.29, 0.717) is 5.56 Å². The molecule has 0 aromatic heterocycles. The largest absolute Gasteiger partial charge is 0.504 e. The summed E-state index contributed by atoms with van der Waals surface area (Å²) in [5.74, 6) is -0.648. The number of hydrogen-bond donors (Lipinski definition) is 4. The Balaban J connectivity index is 3.15. The first-order chi connectivity index (χ1) is 6.06. The third-order valence-electron chi connectivity index (χ3n) is 1.68. The molecule has 0 amide bonds. The van der Waals surface area contributed by atoms with Gasteiger partial charge < -0.3 is 21.1 Å². The number of halogens is 1. The summed E-state index contributed by atoms with van der Waals surface area (Å²) in [6.45, 7) is 0.00390. The van der Waals surface area contributed by atoms with Crippen molar-refractivity contribution in [1.29, 1.82) is 0 Å². The van der Waals surface area contributed by atoms with E-state index in [1.807, 2.05) is 0 Å². The van der Waals surface area contributed by atoms with E-state index in [2.05, 4.69) is 0 Å². The zero-order valence-corrected chi connectivity index (χ0v) is 7.49. The summed E-state index contributed by atoms with van der Waals surface area (Å²) in [6, 6.07) is 2.35. The van der Waals surface area contributed by atoms with Crippen LogP contribution in [-0.2, 0) is 0 Å². The molecule has 1 aromatic carbocycles. The predicted molar refractivity (Wildman–Crippen MR) is 48.8 cm³/mol. The van der Waals surface area contributed by atoms with Crippen molar-refractivity contribution in [2.75, 3.05) is 6.54 Å². The van der Waals surface area contributed by atoms with Crippen LogP contribution in [-0.4, -0.2) is 21.9 Å². The lowest BCUT2D eigenvalue weighted by atomic mass is 10.1. The van der Waals surface area contributed by atoms with Crippen molar-refractivity contribution in [1.82, 2.24) is 0 Å². The lowest BCUT2D eigenvalue weighted by Crippen LogP contribution is -2.11. The van der Waals surface area contributed by atoms with E-state index in [4.69, 9.17) is 27.5 Å². The summed E-state index contributed by atoms with van der Waals surface area (Å²) in [4.78, 5) is 0. The first-order valence-electron chi connectivity index (χ1n) is 3.65. The molecule has 5 heteroatoms. The zero-order valence-electron chi connectivity index (χ0n) is 6.74. The van der Waals surface area contributed by atoms with E-state index in [0.717, 1.165) is 6.07 Å². The standard InChI is InChI=1S/C8H10ClNO3/c9-5-2-7(12)6(11)1-4(5)8(13)3-10/h1-2,8,11-13H,3,10H2/t8-/m1/s1. The molecule has 4 nitrogen and oxygen atoms in total. The Hall–Kier alpha value is -0.970. The van der Waals surface area contributed by atoms with E-state index in [1.54, 1.807) is 0 Å². The number of phenolic OH excluding ortho intramolecular Hbond substituents is 2. The third kappa shape index (κ3) is 2.03. The number of phenols is 2. The van der Waals surface area contributed by atoms with E-state index in [9.17, 15) is 5.11 Å². The van der Waals surface area contributed by atoms with Gasteiger partial charge in [0.05, 0.1) is 11.1 Å². The molecule has 1 aromatic rings. The molecule has 0 radical (unpaired) electrons. The molecule has 5 N–H and O–H groups in total. The molecule has 0 spiro atoms. The monoisotopic (exact) mass is 203 g/mol. The number of aliphatic hydroxyl groups is 1. The molecule has 0 saturated carbocycles. The number of aliphatic hydroxyl groups excluding tert-OH is 1. The first-order valence-corrected chi connectivity index (χ1v) is 4.03. The molecule has 0 bridgehead atoms. The van der Waals surface area contributed by atoms with Crippen LogP contribution in [0.5, 0.6) is 11.5 Å². The second-order valence-corrected chi connectivity index (χ2v) is 3.02. The molecule has 0 aliphatic carbocycles. The lowest BCUT2D eigenvalue weighted by molar-refractivity contribution is 0.186. The van der Waals surface area contributed by atoms with Crippen molar-refractivity contribution < 1.29 is 15.3 Å². The molecule has 0 heterocycles. The molecule has 1 atom stereocenters. The molecule has 1 rings (SSSR count). The van der Waals surface area contributed by atoms with Crippen LogP contribution in [0.2, 0.25) is 5.02 Å². The Bertz CT molecular complexity index is 317. The highest BCUT2D eigenvalue weighted by Crippen LogP contribution is 2.33. The highest BCUT2D eigenvalue weighted by molar-refractivity contribution is 6.31. The van der Waals surface area contributed by atoms with Crippen molar-refractivity contribution in [3.8, 4) is 11.5 Å². The van der Waals surface area contributed by atoms with Crippen LogP contribution in [0.3, 0.4) is 0 Å². The fourth-order valence-electron chi connectivity index (χ4n) is 0.950. The summed E-state index contributed by atoms with van der Waals surface area (Å²) in [6.07, 6.45) is -0.931. The molecule has 0 aliphatic heterocycles. The Morgan fingerprint density at radius 2 is 1.85 bits per heavy atom. The van der Waals surface area contributed by atoms with Gasteiger partial charge in [-0.05, 0) is 6.07 Å². The smallest absolute Gasteiger partial charge is 0.158 e. The van der Waals surface area contributed by atoms with Crippen LogP contribution in [0.4, 0.5) is 0 Å². The van der Waals surface area contributed by atoms with Crippen LogP contribution < -0.4 is 5.73 Å². The number of rotatable bonds is 2. The van der Waals surface area contributed by atoms with Crippen LogP contribution in [0.25, 0.3) is 0 Å². The second-order valence-electron chi connectivity index (χ2n) is 2.61. The summed E-state index contributed by atoms with van der Waals surface area (Å²) in [5.41, 5.74) is 5.51. The molecule has 13 heavy (non-hydrogen) atoms. The molecule has 72 valence electrons. The average molecular weight is 204 g/mol. The van der Waals surface area contributed by atoms with E-state index < -0.39 is 6.10 Å². The summed E-state index contributed by atoms with van der Waals surface area (Å²) >= 11 is 5.69. The van der Waals surface area contributed by atoms with Gasteiger partial charge in [-0.2, -0.15) is 0 Å². The fraction of sp³-hybridized carbons (Fsp3) is 0.250. The van der Waals surface area contributed by atoms with E-state index in [-0.39, 0.29) is 23.1 Å². The first kappa shape index (κ1) is 10.1. The van der Waals surface area contributed by atoms with Gasteiger partial charge in [-0.15, -0.1) is 0 Å².